The number of halogens is 2. The summed E-state index contributed by atoms with van der Waals surface area (Å²) >= 11 is 6.33. The summed E-state index contributed by atoms with van der Waals surface area (Å²) in [5.41, 5.74) is 4.45. The van der Waals surface area contributed by atoms with Gasteiger partial charge in [0.25, 0.3) is 5.56 Å². The van der Waals surface area contributed by atoms with Gasteiger partial charge in [-0.05, 0) is 53.5 Å². The van der Waals surface area contributed by atoms with Crippen LogP contribution in [0.4, 0.5) is 4.39 Å². The maximum absolute atomic E-state index is 13.6. The molecule has 166 valence electrons. The Bertz CT molecular complexity index is 1400. The fourth-order valence-electron chi connectivity index (χ4n) is 3.81. The van der Waals surface area contributed by atoms with Gasteiger partial charge in [0, 0.05) is 10.6 Å². The van der Waals surface area contributed by atoms with Gasteiger partial charge in [0.1, 0.15) is 5.82 Å². The molecule has 1 unspecified atom stereocenters. The van der Waals surface area contributed by atoms with Gasteiger partial charge in [0.2, 0.25) is 0 Å². The Hall–Kier alpha value is -3.07. The minimum absolute atomic E-state index is 0.209. The fraction of sp³-hybridized carbons (Fsp3) is 0.111. The molecule has 33 heavy (non-hydrogen) atoms. The van der Waals surface area contributed by atoms with Crippen molar-refractivity contribution in [3.63, 3.8) is 0 Å². The molecule has 0 spiro atoms. The van der Waals surface area contributed by atoms with Crippen LogP contribution in [0, 0.1) is 12.7 Å². The summed E-state index contributed by atoms with van der Waals surface area (Å²) in [4.78, 5) is 13.6. The topological polar surface area (TPSA) is 34.9 Å². The molecule has 0 saturated carbocycles. The first-order chi connectivity index (χ1) is 15.9. The third kappa shape index (κ3) is 5.30. The van der Waals surface area contributed by atoms with Crippen LogP contribution in [-0.4, -0.2) is 9.78 Å². The molecule has 1 atom stereocenters. The maximum Gasteiger partial charge on any atom is 0.274 e. The van der Waals surface area contributed by atoms with E-state index in [2.05, 4.69) is 14.3 Å². The summed E-state index contributed by atoms with van der Waals surface area (Å²) in [5.74, 6) is -0.277. The monoisotopic (exact) mass is 476 g/mol. The quantitative estimate of drug-likeness (QED) is 0.329. The van der Waals surface area contributed by atoms with E-state index in [9.17, 15) is 9.18 Å². The van der Waals surface area contributed by atoms with E-state index in [0.29, 0.717) is 17.0 Å². The molecule has 1 heterocycles. The fourth-order valence-corrected chi connectivity index (χ4v) is 4.36. The van der Waals surface area contributed by atoms with E-state index in [0.717, 1.165) is 33.3 Å². The van der Waals surface area contributed by atoms with Crippen LogP contribution in [0.3, 0.4) is 0 Å². The first-order valence-corrected chi connectivity index (χ1v) is 11.5. The van der Waals surface area contributed by atoms with Crippen LogP contribution in [-0.2, 0) is 13.0 Å². The van der Waals surface area contributed by atoms with Crippen molar-refractivity contribution in [1.82, 2.24) is 9.78 Å². The molecule has 0 amide bonds. The van der Waals surface area contributed by atoms with Gasteiger partial charge in [0.15, 0.2) is 0 Å². The molecule has 0 radical (unpaired) electrons. The number of benzene rings is 3. The van der Waals surface area contributed by atoms with Gasteiger partial charge in [0.05, 0.1) is 17.8 Å². The molecule has 0 bridgehead atoms. The Balaban J connectivity index is 1.82. The molecular formula is C27H23ClFN2OP. The van der Waals surface area contributed by atoms with Gasteiger partial charge in [-0.3, -0.25) is 4.79 Å². The van der Waals surface area contributed by atoms with Crippen molar-refractivity contribution in [2.75, 3.05) is 0 Å². The van der Waals surface area contributed by atoms with Gasteiger partial charge in [-0.1, -0.05) is 78.4 Å². The Morgan fingerprint density at radius 2 is 1.82 bits per heavy atom. The predicted molar refractivity (Wildman–Crippen MR) is 138 cm³/mol. The standard InChI is InChI=1S/C27H23ClFN2OP/c1-18-26(22-12-3-5-15-25(22)33)23(13-7-9-19-8-6-11-21(29)16-19)27(32)31(30-18)17-20-10-2-4-14-24(20)28/h2-8,10-16H,9,17,33H2,1H3/b13-7+. The Morgan fingerprint density at radius 3 is 2.58 bits per heavy atom. The van der Waals surface area contributed by atoms with Crippen LogP contribution in [0.25, 0.3) is 17.2 Å². The number of aromatic nitrogens is 2. The van der Waals surface area contributed by atoms with Crippen molar-refractivity contribution in [3.8, 4) is 11.1 Å². The molecule has 0 aliphatic rings. The Kier molecular flexibility index (Phi) is 7.17. The highest BCUT2D eigenvalue weighted by Crippen LogP contribution is 2.26. The Morgan fingerprint density at radius 1 is 1.06 bits per heavy atom. The predicted octanol–water partition coefficient (Wildman–Crippen LogP) is 5.82. The molecule has 1 aromatic heterocycles. The average molecular weight is 477 g/mol. The third-order valence-corrected chi connectivity index (χ3v) is 6.27. The zero-order valence-corrected chi connectivity index (χ0v) is 20.0. The maximum atomic E-state index is 13.6. The lowest BCUT2D eigenvalue weighted by molar-refractivity contribution is 0.626. The highest BCUT2D eigenvalue weighted by atomic mass is 35.5. The molecule has 4 rings (SSSR count). The summed E-state index contributed by atoms with van der Waals surface area (Å²) < 4.78 is 15.0. The van der Waals surface area contributed by atoms with Gasteiger partial charge in [-0.15, -0.1) is 9.24 Å². The molecule has 0 fully saturated rings. The van der Waals surface area contributed by atoms with Crippen molar-refractivity contribution >= 4 is 32.2 Å². The number of allylic oxidation sites excluding steroid dienone is 1. The molecular weight excluding hydrogens is 454 g/mol. The second kappa shape index (κ2) is 10.2. The highest BCUT2D eigenvalue weighted by molar-refractivity contribution is 7.28. The zero-order chi connectivity index (χ0) is 23.4. The van der Waals surface area contributed by atoms with Crippen LogP contribution in [0.2, 0.25) is 5.02 Å². The Labute approximate surface area is 199 Å². The van der Waals surface area contributed by atoms with Gasteiger partial charge in [-0.25, -0.2) is 9.07 Å². The van der Waals surface area contributed by atoms with E-state index in [-0.39, 0.29) is 17.9 Å². The number of aryl methyl sites for hydroxylation is 1. The molecule has 4 aromatic rings. The first kappa shape index (κ1) is 23.1. The summed E-state index contributed by atoms with van der Waals surface area (Å²) in [6.45, 7) is 2.17. The molecule has 0 aliphatic carbocycles. The highest BCUT2D eigenvalue weighted by Gasteiger charge is 2.17. The molecule has 6 heteroatoms. The SMILES string of the molecule is Cc1nn(Cc2ccccc2Cl)c(=O)c(/C=C/Cc2cccc(F)c2)c1-c1ccccc1P. The second-order valence-electron chi connectivity index (χ2n) is 7.75. The largest absolute Gasteiger partial charge is 0.274 e. The lowest BCUT2D eigenvalue weighted by atomic mass is 9.98. The van der Waals surface area contributed by atoms with Gasteiger partial charge in [-0.2, -0.15) is 5.10 Å². The van der Waals surface area contributed by atoms with Crippen molar-refractivity contribution < 1.29 is 4.39 Å². The lowest BCUT2D eigenvalue weighted by Crippen LogP contribution is -2.28. The van der Waals surface area contributed by atoms with Gasteiger partial charge < -0.3 is 0 Å². The van der Waals surface area contributed by atoms with Crippen LogP contribution < -0.4 is 10.9 Å². The normalized spacial score (nSPS) is 11.3. The smallest absolute Gasteiger partial charge is 0.267 e. The van der Waals surface area contributed by atoms with E-state index in [1.807, 2.05) is 67.6 Å². The molecule has 3 aromatic carbocycles. The van der Waals surface area contributed by atoms with E-state index < -0.39 is 0 Å². The minimum Gasteiger partial charge on any atom is -0.267 e. The lowest BCUT2D eigenvalue weighted by Gasteiger charge is -2.15. The van der Waals surface area contributed by atoms with E-state index >= 15 is 0 Å². The number of nitrogens with zero attached hydrogens (tertiary/aromatic N) is 2. The average Bonchev–Trinajstić information content (AvgIpc) is 2.79. The van der Waals surface area contributed by atoms with E-state index in [4.69, 9.17) is 11.6 Å². The van der Waals surface area contributed by atoms with Crippen molar-refractivity contribution in [3.05, 3.63) is 122 Å². The zero-order valence-electron chi connectivity index (χ0n) is 18.1. The van der Waals surface area contributed by atoms with Crippen molar-refractivity contribution in [2.24, 2.45) is 0 Å². The van der Waals surface area contributed by atoms with E-state index in [1.54, 1.807) is 12.1 Å². The van der Waals surface area contributed by atoms with Crippen LogP contribution in [0.15, 0.2) is 83.7 Å². The second-order valence-corrected chi connectivity index (χ2v) is 8.78. The molecule has 0 aliphatic heterocycles. The molecule has 3 nitrogen and oxygen atoms in total. The number of rotatable bonds is 6. The summed E-state index contributed by atoms with van der Waals surface area (Å²) in [7, 11) is 2.72. The van der Waals surface area contributed by atoms with Crippen LogP contribution in [0.1, 0.15) is 22.4 Å². The number of hydrogen-bond acceptors (Lipinski definition) is 2. The summed E-state index contributed by atoms with van der Waals surface area (Å²) in [6.07, 6.45) is 4.21. The van der Waals surface area contributed by atoms with Crippen LogP contribution >= 0.6 is 20.8 Å². The van der Waals surface area contributed by atoms with Crippen molar-refractivity contribution in [1.29, 1.82) is 0 Å². The first-order valence-electron chi connectivity index (χ1n) is 10.5. The minimum atomic E-state index is -0.277. The van der Waals surface area contributed by atoms with Crippen molar-refractivity contribution in [2.45, 2.75) is 19.9 Å². The molecule has 0 saturated heterocycles. The van der Waals surface area contributed by atoms with E-state index in [1.165, 1.54) is 16.8 Å². The molecule has 0 N–H and O–H groups in total. The van der Waals surface area contributed by atoms with Crippen LogP contribution in [0.5, 0.6) is 0 Å². The number of hydrogen-bond donors (Lipinski definition) is 0. The third-order valence-electron chi connectivity index (χ3n) is 5.40. The summed E-state index contributed by atoms with van der Waals surface area (Å²) in [6, 6.07) is 21.7. The summed E-state index contributed by atoms with van der Waals surface area (Å²) in [5, 5.41) is 6.18. The van der Waals surface area contributed by atoms with Gasteiger partial charge >= 0.3 is 0 Å².